The van der Waals surface area contributed by atoms with Crippen molar-refractivity contribution < 1.29 is 14.3 Å². The molecule has 0 radical (unpaired) electrons. The fourth-order valence-corrected chi connectivity index (χ4v) is 2.58. The lowest BCUT2D eigenvalue weighted by molar-refractivity contribution is -0.125. The lowest BCUT2D eigenvalue weighted by Crippen LogP contribution is -2.50. The molecule has 1 aliphatic rings. The Morgan fingerprint density at radius 2 is 2.05 bits per heavy atom. The Morgan fingerprint density at radius 1 is 1.33 bits per heavy atom. The molecular weight excluding hydrogens is 268 g/mol. The summed E-state index contributed by atoms with van der Waals surface area (Å²) >= 11 is 0. The molecular formula is C16H22N2O3. The van der Waals surface area contributed by atoms with Crippen LogP contribution < -0.4 is 10.6 Å². The number of ether oxygens (including phenoxy) is 1. The Balaban J connectivity index is 1.87. The van der Waals surface area contributed by atoms with Crippen LogP contribution in [0.25, 0.3) is 0 Å². The normalized spacial score (nSPS) is 21.6. The summed E-state index contributed by atoms with van der Waals surface area (Å²) in [6.07, 6.45) is 2.21. The number of methoxy groups -OCH3 is 1. The van der Waals surface area contributed by atoms with Gasteiger partial charge in [0.15, 0.2) is 0 Å². The summed E-state index contributed by atoms with van der Waals surface area (Å²) in [6, 6.07) is 6.95. The first-order chi connectivity index (χ1) is 10.1. The highest BCUT2D eigenvalue weighted by Crippen LogP contribution is 2.15. The largest absolute Gasteiger partial charge is 0.465 e. The molecule has 1 aromatic carbocycles. The van der Waals surface area contributed by atoms with Crippen LogP contribution in [0.2, 0.25) is 0 Å². The van der Waals surface area contributed by atoms with Crippen LogP contribution in [0, 0.1) is 5.92 Å². The summed E-state index contributed by atoms with van der Waals surface area (Å²) in [5.41, 5.74) is 1.47. The second kappa shape index (κ2) is 7.22. The van der Waals surface area contributed by atoms with E-state index in [0.29, 0.717) is 18.0 Å². The van der Waals surface area contributed by atoms with E-state index in [2.05, 4.69) is 22.3 Å². The number of benzene rings is 1. The summed E-state index contributed by atoms with van der Waals surface area (Å²) in [4.78, 5) is 23.5. The molecule has 21 heavy (non-hydrogen) atoms. The van der Waals surface area contributed by atoms with Gasteiger partial charge in [-0.3, -0.25) is 4.79 Å². The standard InChI is InChI=1S/C16H22N2O3/c1-11-4-3-9-17-14(11)15(19)18-10-12-5-7-13(8-6-12)16(20)21-2/h5-8,11,14,17H,3-4,9-10H2,1-2H3,(H,18,19). The molecule has 2 atom stereocenters. The van der Waals surface area contributed by atoms with Crippen LogP contribution in [0.3, 0.4) is 0 Å². The van der Waals surface area contributed by atoms with E-state index >= 15 is 0 Å². The number of hydrogen-bond acceptors (Lipinski definition) is 4. The molecule has 2 unspecified atom stereocenters. The first-order valence-corrected chi connectivity index (χ1v) is 7.30. The fraction of sp³-hybridized carbons (Fsp3) is 0.500. The summed E-state index contributed by atoms with van der Waals surface area (Å²) < 4.78 is 4.65. The number of amides is 1. The number of rotatable bonds is 4. The van der Waals surface area contributed by atoms with Crippen LogP contribution in [0.1, 0.15) is 35.7 Å². The van der Waals surface area contributed by atoms with E-state index in [1.54, 1.807) is 12.1 Å². The van der Waals surface area contributed by atoms with Crippen molar-refractivity contribution in [1.29, 1.82) is 0 Å². The van der Waals surface area contributed by atoms with E-state index in [1.807, 2.05) is 12.1 Å². The van der Waals surface area contributed by atoms with Crippen LogP contribution in [-0.2, 0) is 16.1 Å². The predicted molar refractivity (Wildman–Crippen MR) is 79.8 cm³/mol. The van der Waals surface area contributed by atoms with E-state index in [1.165, 1.54) is 7.11 Å². The average Bonchev–Trinajstić information content (AvgIpc) is 2.52. The van der Waals surface area contributed by atoms with Crippen molar-refractivity contribution in [2.75, 3.05) is 13.7 Å². The van der Waals surface area contributed by atoms with Gasteiger partial charge in [-0.2, -0.15) is 0 Å². The van der Waals surface area contributed by atoms with Crippen molar-refractivity contribution in [2.24, 2.45) is 5.92 Å². The molecule has 1 aromatic rings. The molecule has 0 spiro atoms. The molecule has 1 saturated heterocycles. The van der Waals surface area contributed by atoms with Crippen molar-refractivity contribution in [3.05, 3.63) is 35.4 Å². The van der Waals surface area contributed by atoms with Gasteiger partial charge in [0, 0.05) is 6.54 Å². The third-order valence-electron chi connectivity index (χ3n) is 3.89. The molecule has 0 aromatic heterocycles. The third kappa shape index (κ3) is 4.04. The number of esters is 1. The Hall–Kier alpha value is -1.88. The Labute approximate surface area is 125 Å². The van der Waals surface area contributed by atoms with Gasteiger partial charge in [-0.1, -0.05) is 19.1 Å². The van der Waals surface area contributed by atoms with Crippen LogP contribution in [0.5, 0.6) is 0 Å². The zero-order valence-corrected chi connectivity index (χ0v) is 12.5. The monoisotopic (exact) mass is 290 g/mol. The number of carbonyl (C=O) groups is 2. The Kier molecular flexibility index (Phi) is 5.33. The quantitative estimate of drug-likeness (QED) is 0.824. The number of nitrogens with one attached hydrogen (secondary N) is 2. The van der Waals surface area contributed by atoms with Crippen LogP contribution in [-0.4, -0.2) is 31.6 Å². The second-order valence-corrected chi connectivity index (χ2v) is 5.46. The maximum Gasteiger partial charge on any atom is 0.337 e. The zero-order chi connectivity index (χ0) is 15.2. The highest BCUT2D eigenvalue weighted by atomic mass is 16.5. The van der Waals surface area contributed by atoms with Gasteiger partial charge in [-0.05, 0) is 43.0 Å². The summed E-state index contributed by atoms with van der Waals surface area (Å²) in [6.45, 7) is 3.46. The first kappa shape index (κ1) is 15.5. The van der Waals surface area contributed by atoms with Gasteiger partial charge in [0.05, 0.1) is 18.7 Å². The van der Waals surface area contributed by atoms with Gasteiger partial charge in [0.2, 0.25) is 5.91 Å². The van der Waals surface area contributed by atoms with Gasteiger partial charge in [0.1, 0.15) is 0 Å². The fourth-order valence-electron chi connectivity index (χ4n) is 2.58. The molecule has 0 aliphatic carbocycles. The zero-order valence-electron chi connectivity index (χ0n) is 12.5. The molecule has 2 rings (SSSR count). The SMILES string of the molecule is COC(=O)c1ccc(CNC(=O)C2NCCCC2C)cc1. The van der Waals surface area contributed by atoms with Crippen molar-refractivity contribution in [3.63, 3.8) is 0 Å². The molecule has 2 N–H and O–H groups in total. The summed E-state index contributed by atoms with van der Waals surface area (Å²) in [7, 11) is 1.36. The second-order valence-electron chi connectivity index (χ2n) is 5.46. The van der Waals surface area contributed by atoms with Crippen LogP contribution in [0.15, 0.2) is 24.3 Å². The number of piperidine rings is 1. The van der Waals surface area contributed by atoms with E-state index in [4.69, 9.17) is 0 Å². The van der Waals surface area contributed by atoms with Gasteiger partial charge in [-0.25, -0.2) is 4.79 Å². The Morgan fingerprint density at radius 3 is 2.67 bits per heavy atom. The lowest BCUT2D eigenvalue weighted by Gasteiger charge is -2.28. The van der Waals surface area contributed by atoms with E-state index in [-0.39, 0.29) is 17.9 Å². The van der Waals surface area contributed by atoms with Crippen molar-refractivity contribution >= 4 is 11.9 Å². The molecule has 114 valence electrons. The van der Waals surface area contributed by atoms with Gasteiger partial charge in [-0.15, -0.1) is 0 Å². The van der Waals surface area contributed by atoms with Crippen LogP contribution >= 0.6 is 0 Å². The molecule has 1 amide bonds. The highest BCUT2D eigenvalue weighted by molar-refractivity contribution is 5.89. The minimum absolute atomic E-state index is 0.0410. The highest BCUT2D eigenvalue weighted by Gasteiger charge is 2.26. The molecule has 1 heterocycles. The lowest BCUT2D eigenvalue weighted by atomic mass is 9.92. The number of carbonyl (C=O) groups excluding carboxylic acids is 2. The molecule has 1 aliphatic heterocycles. The molecule has 0 saturated carbocycles. The van der Waals surface area contributed by atoms with E-state index in [9.17, 15) is 9.59 Å². The van der Waals surface area contributed by atoms with Crippen LogP contribution in [0.4, 0.5) is 0 Å². The smallest absolute Gasteiger partial charge is 0.337 e. The van der Waals surface area contributed by atoms with Crippen molar-refractivity contribution in [2.45, 2.75) is 32.4 Å². The predicted octanol–water partition coefficient (Wildman–Crippen LogP) is 1.48. The van der Waals surface area contributed by atoms with Crippen molar-refractivity contribution in [1.82, 2.24) is 10.6 Å². The Bertz CT molecular complexity index is 499. The molecule has 0 bridgehead atoms. The minimum Gasteiger partial charge on any atom is -0.465 e. The molecule has 5 heteroatoms. The summed E-state index contributed by atoms with van der Waals surface area (Å²) in [5.74, 6) is 0.0468. The van der Waals surface area contributed by atoms with Gasteiger partial charge < -0.3 is 15.4 Å². The first-order valence-electron chi connectivity index (χ1n) is 7.30. The van der Waals surface area contributed by atoms with E-state index < -0.39 is 0 Å². The maximum absolute atomic E-state index is 12.2. The van der Waals surface area contributed by atoms with E-state index in [0.717, 1.165) is 24.9 Å². The molecule has 1 fully saturated rings. The third-order valence-corrected chi connectivity index (χ3v) is 3.89. The maximum atomic E-state index is 12.2. The number of hydrogen-bond donors (Lipinski definition) is 2. The summed E-state index contributed by atoms with van der Waals surface area (Å²) in [5, 5.41) is 6.21. The average molecular weight is 290 g/mol. The van der Waals surface area contributed by atoms with Gasteiger partial charge >= 0.3 is 5.97 Å². The van der Waals surface area contributed by atoms with Crippen molar-refractivity contribution in [3.8, 4) is 0 Å². The molecule has 5 nitrogen and oxygen atoms in total. The topological polar surface area (TPSA) is 67.4 Å². The van der Waals surface area contributed by atoms with Gasteiger partial charge in [0.25, 0.3) is 0 Å². The minimum atomic E-state index is -0.356.